The summed E-state index contributed by atoms with van der Waals surface area (Å²) in [5.41, 5.74) is 5.13. The molecule has 5 rings (SSSR count). The van der Waals surface area contributed by atoms with Gasteiger partial charge < -0.3 is 15.4 Å². The van der Waals surface area contributed by atoms with Gasteiger partial charge in [0.05, 0.1) is 18.2 Å². The summed E-state index contributed by atoms with van der Waals surface area (Å²) < 4.78 is 0. The highest BCUT2D eigenvalue weighted by atomic mass is 16.3. The molecule has 5 aromatic rings. The first-order chi connectivity index (χ1) is 16.1. The van der Waals surface area contributed by atoms with Gasteiger partial charge in [0.2, 0.25) is 11.7 Å². The van der Waals surface area contributed by atoms with Gasteiger partial charge in [-0.3, -0.25) is 9.78 Å². The number of H-pyrrole nitrogens is 2. The van der Waals surface area contributed by atoms with Gasteiger partial charge in [-0.25, -0.2) is 0 Å². The maximum absolute atomic E-state index is 12.8. The molecule has 33 heavy (non-hydrogen) atoms. The van der Waals surface area contributed by atoms with E-state index in [4.69, 9.17) is 0 Å². The van der Waals surface area contributed by atoms with Crippen molar-refractivity contribution in [2.45, 2.75) is 19.4 Å². The number of hydrogen-bond donors (Lipinski definition) is 4. The molecule has 0 bridgehead atoms. The Morgan fingerprint density at radius 1 is 1.12 bits per heavy atom. The third kappa shape index (κ3) is 4.16. The van der Waals surface area contributed by atoms with Crippen LogP contribution in [0, 0.1) is 0 Å². The quantitative estimate of drug-likeness (QED) is 0.320. The minimum absolute atomic E-state index is 0.135. The minimum Gasteiger partial charge on any atom is -0.508 e. The van der Waals surface area contributed by atoms with Crippen LogP contribution in [0.5, 0.6) is 5.75 Å². The van der Waals surface area contributed by atoms with Crippen molar-refractivity contribution in [3.05, 3.63) is 78.2 Å². The lowest BCUT2D eigenvalue weighted by atomic mass is 9.98. The van der Waals surface area contributed by atoms with Crippen LogP contribution in [0.1, 0.15) is 24.2 Å². The van der Waals surface area contributed by atoms with E-state index in [1.165, 1.54) is 0 Å². The van der Waals surface area contributed by atoms with Crippen molar-refractivity contribution in [3.8, 4) is 28.3 Å². The van der Waals surface area contributed by atoms with Crippen molar-refractivity contribution >= 4 is 16.8 Å². The molecular weight excluding hydrogens is 418 g/mol. The molecule has 3 aromatic heterocycles. The molecule has 2 aromatic carbocycles. The van der Waals surface area contributed by atoms with E-state index in [0.717, 1.165) is 38.9 Å². The van der Waals surface area contributed by atoms with Crippen LogP contribution in [0.2, 0.25) is 0 Å². The number of amides is 1. The van der Waals surface area contributed by atoms with Gasteiger partial charge in [0.15, 0.2) is 0 Å². The van der Waals surface area contributed by atoms with Crippen molar-refractivity contribution in [2.75, 3.05) is 0 Å². The van der Waals surface area contributed by atoms with E-state index >= 15 is 0 Å². The van der Waals surface area contributed by atoms with Crippen molar-refractivity contribution in [1.82, 2.24) is 35.9 Å². The van der Waals surface area contributed by atoms with Crippen molar-refractivity contribution < 1.29 is 9.90 Å². The third-order valence-corrected chi connectivity index (χ3v) is 5.51. The van der Waals surface area contributed by atoms with Crippen LogP contribution in [0.25, 0.3) is 33.4 Å². The average molecular weight is 439 g/mol. The van der Waals surface area contributed by atoms with E-state index in [0.29, 0.717) is 5.82 Å². The number of benzene rings is 2. The smallest absolute Gasteiger partial charge is 0.225 e. The lowest BCUT2D eigenvalue weighted by Crippen LogP contribution is -2.29. The fourth-order valence-electron chi connectivity index (χ4n) is 3.96. The van der Waals surface area contributed by atoms with Crippen molar-refractivity contribution in [2.24, 2.45) is 0 Å². The lowest BCUT2D eigenvalue weighted by Gasteiger charge is -2.17. The van der Waals surface area contributed by atoms with Gasteiger partial charge in [0, 0.05) is 34.4 Å². The number of aromatic amines is 2. The highest BCUT2D eigenvalue weighted by Crippen LogP contribution is 2.29. The zero-order valence-electron chi connectivity index (χ0n) is 17.8. The molecule has 4 N–H and O–H groups in total. The SMILES string of the molecule is C[C@H](NC(=O)Cc1c[nH]c2ccc(O)cc12)c1ncccc1-c1cccc(-c2nn[nH]n2)c1. The van der Waals surface area contributed by atoms with Gasteiger partial charge in [-0.2, -0.15) is 5.21 Å². The molecule has 0 saturated heterocycles. The van der Waals surface area contributed by atoms with Gasteiger partial charge in [-0.1, -0.05) is 24.3 Å². The molecule has 1 amide bonds. The summed E-state index contributed by atoms with van der Waals surface area (Å²) in [6.07, 6.45) is 3.69. The molecule has 0 aliphatic heterocycles. The average Bonchev–Trinajstić information content (AvgIpc) is 3.50. The van der Waals surface area contributed by atoms with Crippen LogP contribution in [0.4, 0.5) is 0 Å². The number of nitrogens with zero attached hydrogens (tertiary/aromatic N) is 4. The first kappa shape index (κ1) is 20.4. The van der Waals surface area contributed by atoms with E-state index in [1.807, 2.05) is 43.3 Å². The Balaban J connectivity index is 1.37. The number of aromatic hydroxyl groups is 1. The number of rotatable bonds is 6. The fourth-order valence-corrected chi connectivity index (χ4v) is 3.96. The number of tetrazole rings is 1. The molecule has 1 atom stereocenters. The van der Waals surface area contributed by atoms with Crippen molar-refractivity contribution in [3.63, 3.8) is 0 Å². The van der Waals surface area contributed by atoms with Crippen LogP contribution in [-0.4, -0.2) is 41.6 Å². The number of aromatic nitrogens is 6. The summed E-state index contributed by atoms with van der Waals surface area (Å²) in [6, 6.07) is 16.4. The summed E-state index contributed by atoms with van der Waals surface area (Å²) in [4.78, 5) is 20.5. The second-order valence-corrected chi connectivity index (χ2v) is 7.76. The van der Waals surface area contributed by atoms with E-state index in [-0.39, 0.29) is 24.1 Å². The predicted octanol–water partition coefficient (Wildman–Crippen LogP) is 3.54. The molecule has 0 unspecified atom stereocenters. The first-order valence-electron chi connectivity index (χ1n) is 10.5. The minimum atomic E-state index is -0.318. The molecule has 9 heteroatoms. The lowest BCUT2D eigenvalue weighted by molar-refractivity contribution is -0.121. The van der Waals surface area contributed by atoms with Crippen LogP contribution < -0.4 is 5.32 Å². The fraction of sp³-hybridized carbons (Fsp3) is 0.125. The van der Waals surface area contributed by atoms with Crippen LogP contribution in [0.15, 0.2) is 67.0 Å². The largest absolute Gasteiger partial charge is 0.508 e. The Labute approximate surface area is 188 Å². The topological polar surface area (TPSA) is 132 Å². The summed E-state index contributed by atoms with van der Waals surface area (Å²) in [7, 11) is 0. The number of hydrogen-bond acceptors (Lipinski definition) is 6. The third-order valence-electron chi connectivity index (χ3n) is 5.51. The molecule has 3 heterocycles. The first-order valence-corrected chi connectivity index (χ1v) is 10.5. The Morgan fingerprint density at radius 2 is 2.00 bits per heavy atom. The molecule has 164 valence electrons. The highest BCUT2D eigenvalue weighted by Gasteiger charge is 2.18. The molecule has 9 nitrogen and oxygen atoms in total. The number of carbonyl (C=O) groups is 1. The van der Waals surface area contributed by atoms with Crippen LogP contribution in [-0.2, 0) is 11.2 Å². The molecular formula is C24H21N7O2. The van der Waals surface area contributed by atoms with Crippen molar-refractivity contribution in [1.29, 1.82) is 0 Å². The zero-order valence-corrected chi connectivity index (χ0v) is 17.8. The number of pyridine rings is 1. The van der Waals surface area contributed by atoms with E-state index in [2.05, 4.69) is 35.9 Å². The summed E-state index contributed by atoms with van der Waals surface area (Å²) >= 11 is 0. The van der Waals surface area contributed by atoms with E-state index in [9.17, 15) is 9.90 Å². The zero-order chi connectivity index (χ0) is 22.8. The van der Waals surface area contributed by atoms with Gasteiger partial charge in [0.25, 0.3) is 0 Å². The van der Waals surface area contributed by atoms with Gasteiger partial charge in [0.1, 0.15) is 5.75 Å². The number of phenols is 1. The summed E-state index contributed by atoms with van der Waals surface area (Å²) in [5, 5.41) is 27.8. The molecule has 0 fully saturated rings. The summed E-state index contributed by atoms with van der Waals surface area (Å²) in [5.74, 6) is 0.538. The maximum Gasteiger partial charge on any atom is 0.225 e. The molecule has 0 aliphatic carbocycles. The van der Waals surface area contributed by atoms with Gasteiger partial charge in [-0.15, -0.1) is 10.2 Å². The Morgan fingerprint density at radius 3 is 2.85 bits per heavy atom. The molecule has 0 radical (unpaired) electrons. The standard InChI is InChI=1S/C24H21N7O2/c1-14(27-22(33)11-17-13-26-21-8-7-18(32)12-20(17)21)23-19(6-3-9-25-23)15-4-2-5-16(10-15)24-28-30-31-29-24/h2-10,12-14,26,32H,11H2,1H3,(H,27,33)(H,28,29,30,31)/t14-/m0/s1. The second-order valence-electron chi connectivity index (χ2n) is 7.76. The number of carbonyl (C=O) groups excluding carboxylic acids is 1. The molecule has 0 spiro atoms. The summed E-state index contributed by atoms with van der Waals surface area (Å²) in [6.45, 7) is 1.91. The monoisotopic (exact) mass is 439 g/mol. The van der Waals surface area contributed by atoms with E-state index in [1.54, 1.807) is 30.6 Å². The second kappa shape index (κ2) is 8.54. The number of nitrogens with one attached hydrogen (secondary N) is 3. The van der Waals surface area contributed by atoms with Gasteiger partial charge >= 0.3 is 0 Å². The van der Waals surface area contributed by atoms with Crippen LogP contribution in [0.3, 0.4) is 0 Å². The van der Waals surface area contributed by atoms with Crippen LogP contribution >= 0.6 is 0 Å². The number of fused-ring (bicyclic) bond motifs is 1. The van der Waals surface area contributed by atoms with Gasteiger partial charge in [-0.05, 0) is 53.6 Å². The van der Waals surface area contributed by atoms with E-state index < -0.39 is 0 Å². The Hall–Kier alpha value is -4.53. The molecule has 0 saturated carbocycles. The maximum atomic E-state index is 12.8. The normalized spacial score (nSPS) is 12.0. The molecule has 0 aliphatic rings. The Kier molecular flexibility index (Phi) is 5.27. The predicted molar refractivity (Wildman–Crippen MR) is 123 cm³/mol. The number of phenolic OH excluding ortho intramolecular Hbond substituents is 1. The Bertz CT molecular complexity index is 1430. The highest BCUT2D eigenvalue weighted by molar-refractivity contribution is 5.90.